The standard InChI is InChI=1S/C17H14N4OS/c1-22-16-8-3-2-7-15(16)21-12-19-20-17(21)23-11-14-6-4-5-13(9-14)10-18/h2-9,12H,11H2,1H3. The molecular weight excluding hydrogens is 308 g/mol. The summed E-state index contributed by atoms with van der Waals surface area (Å²) in [5.74, 6) is 1.48. The van der Waals surface area contributed by atoms with Crippen molar-refractivity contribution in [3.05, 3.63) is 66.0 Å². The van der Waals surface area contributed by atoms with Gasteiger partial charge in [0.05, 0.1) is 24.4 Å². The number of thioether (sulfide) groups is 1. The maximum absolute atomic E-state index is 8.97. The Morgan fingerprint density at radius 1 is 1.22 bits per heavy atom. The highest BCUT2D eigenvalue weighted by atomic mass is 32.2. The van der Waals surface area contributed by atoms with Gasteiger partial charge in [0.2, 0.25) is 0 Å². The Kier molecular flexibility index (Phi) is 4.60. The molecule has 0 amide bonds. The molecule has 0 saturated heterocycles. The highest BCUT2D eigenvalue weighted by Gasteiger charge is 2.11. The first kappa shape index (κ1) is 15.1. The summed E-state index contributed by atoms with van der Waals surface area (Å²) in [6.07, 6.45) is 1.67. The quantitative estimate of drug-likeness (QED) is 0.673. The Balaban J connectivity index is 1.83. The van der Waals surface area contributed by atoms with E-state index in [9.17, 15) is 0 Å². The number of methoxy groups -OCH3 is 1. The van der Waals surface area contributed by atoms with E-state index in [1.807, 2.05) is 47.0 Å². The lowest BCUT2D eigenvalue weighted by molar-refractivity contribution is 0.412. The Hall–Kier alpha value is -2.78. The minimum Gasteiger partial charge on any atom is -0.495 e. The summed E-state index contributed by atoms with van der Waals surface area (Å²) >= 11 is 1.56. The lowest BCUT2D eigenvalue weighted by Crippen LogP contribution is -1.98. The number of benzene rings is 2. The molecule has 0 bridgehead atoms. The smallest absolute Gasteiger partial charge is 0.196 e. The molecule has 3 rings (SSSR count). The first-order valence-electron chi connectivity index (χ1n) is 6.97. The zero-order valence-electron chi connectivity index (χ0n) is 12.5. The molecule has 1 heterocycles. The monoisotopic (exact) mass is 322 g/mol. The minimum absolute atomic E-state index is 0.661. The van der Waals surface area contributed by atoms with Crippen molar-refractivity contribution >= 4 is 11.8 Å². The van der Waals surface area contributed by atoms with E-state index in [1.165, 1.54) is 0 Å². The molecule has 0 fully saturated rings. The Morgan fingerprint density at radius 2 is 2.09 bits per heavy atom. The molecule has 0 aliphatic heterocycles. The largest absolute Gasteiger partial charge is 0.495 e. The van der Waals surface area contributed by atoms with Crippen LogP contribution in [0.15, 0.2) is 60.0 Å². The molecular formula is C17H14N4OS. The highest BCUT2D eigenvalue weighted by molar-refractivity contribution is 7.98. The van der Waals surface area contributed by atoms with E-state index in [1.54, 1.807) is 31.3 Å². The van der Waals surface area contributed by atoms with Gasteiger partial charge in [-0.1, -0.05) is 36.0 Å². The van der Waals surface area contributed by atoms with Gasteiger partial charge < -0.3 is 4.74 Å². The van der Waals surface area contributed by atoms with Gasteiger partial charge >= 0.3 is 0 Å². The Bertz CT molecular complexity index is 854. The predicted molar refractivity (Wildman–Crippen MR) is 88.6 cm³/mol. The van der Waals surface area contributed by atoms with E-state index in [2.05, 4.69) is 16.3 Å². The minimum atomic E-state index is 0.661. The number of hydrogen-bond acceptors (Lipinski definition) is 5. The van der Waals surface area contributed by atoms with E-state index in [0.29, 0.717) is 11.3 Å². The molecule has 0 radical (unpaired) electrons. The summed E-state index contributed by atoms with van der Waals surface area (Å²) in [6, 6.07) is 17.5. The summed E-state index contributed by atoms with van der Waals surface area (Å²) in [6.45, 7) is 0. The van der Waals surface area contributed by atoms with Crippen molar-refractivity contribution in [3.8, 4) is 17.5 Å². The molecule has 114 valence electrons. The zero-order chi connectivity index (χ0) is 16.1. The molecule has 0 spiro atoms. The van der Waals surface area contributed by atoms with Crippen molar-refractivity contribution in [2.45, 2.75) is 10.9 Å². The fourth-order valence-corrected chi connectivity index (χ4v) is 3.06. The Morgan fingerprint density at radius 3 is 2.91 bits per heavy atom. The SMILES string of the molecule is COc1ccccc1-n1cnnc1SCc1cccc(C#N)c1. The highest BCUT2D eigenvalue weighted by Crippen LogP contribution is 2.28. The molecule has 0 atom stereocenters. The molecule has 1 aromatic heterocycles. The van der Waals surface area contributed by atoms with Crippen LogP contribution in [0.3, 0.4) is 0 Å². The van der Waals surface area contributed by atoms with Gasteiger partial charge in [0.15, 0.2) is 5.16 Å². The van der Waals surface area contributed by atoms with Crippen molar-refractivity contribution in [2.75, 3.05) is 7.11 Å². The average molecular weight is 322 g/mol. The van der Waals surface area contributed by atoms with Crippen LogP contribution in [0.1, 0.15) is 11.1 Å². The predicted octanol–water partition coefficient (Wildman–Crippen LogP) is 3.44. The fraction of sp³-hybridized carbons (Fsp3) is 0.118. The molecule has 5 nitrogen and oxygen atoms in total. The number of nitriles is 1. The van der Waals surface area contributed by atoms with Gasteiger partial charge in [0, 0.05) is 5.75 Å². The summed E-state index contributed by atoms with van der Waals surface area (Å²) in [4.78, 5) is 0. The third-order valence-electron chi connectivity index (χ3n) is 3.29. The zero-order valence-corrected chi connectivity index (χ0v) is 13.3. The first-order valence-corrected chi connectivity index (χ1v) is 7.95. The normalized spacial score (nSPS) is 10.3. The van der Waals surface area contributed by atoms with Crippen molar-refractivity contribution < 1.29 is 4.74 Å². The van der Waals surface area contributed by atoms with Crippen LogP contribution < -0.4 is 4.74 Å². The number of rotatable bonds is 5. The van der Waals surface area contributed by atoms with Gasteiger partial charge in [-0.15, -0.1) is 10.2 Å². The van der Waals surface area contributed by atoms with E-state index in [0.717, 1.165) is 22.2 Å². The molecule has 6 heteroatoms. The van der Waals surface area contributed by atoms with Crippen LogP contribution in [0.2, 0.25) is 0 Å². The number of para-hydroxylation sites is 2. The van der Waals surface area contributed by atoms with Crippen LogP contribution >= 0.6 is 11.8 Å². The van der Waals surface area contributed by atoms with Gasteiger partial charge in [0.25, 0.3) is 0 Å². The molecule has 0 unspecified atom stereocenters. The number of nitrogens with zero attached hydrogens (tertiary/aromatic N) is 4. The molecule has 2 aromatic carbocycles. The van der Waals surface area contributed by atoms with Crippen LogP contribution in [-0.2, 0) is 5.75 Å². The molecule has 0 aliphatic carbocycles. The van der Waals surface area contributed by atoms with Crippen LogP contribution in [0.25, 0.3) is 5.69 Å². The van der Waals surface area contributed by atoms with E-state index in [-0.39, 0.29) is 0 Å². The molecule has 0 aliphatic rings. The van der Waals surface area contributed by atoms with Gasteiger partial charge in [0.1, 0.15) is 12.1 Å². The molecule has 23 heavy (non-hydrogen) atoms. The number of hydrogen-bond donors (Lipinski definition) is 0. The van der Waals surface area contributed by atoms with Gasteiger partial charge in [-0.3, -0.25) is 4.57 Å². The van der Waals surface area contributed by atoms with Crippen LogP contribution in [0, 0.1) is 11.3 Å². The summed E-state index contributed by atoms with van der Waals surface area (Å²) in [5.41, 5.74) is 2.63. The molecule has 0 N–H and O–H groups in total. The van der Waals surface area contributed by atoms with Gasteiger partial charge in [-0.05, 0) is 29.8 Å². The lowest BCUT2D eigenvalue weighted by Gasteiger charge is -2.10. The van der Waals surface area contributed by atoms with Crippen molar-refractivity contribution in [2.24, 2.45) is 0 Å². The first-order chi connectivity index (χ1) is 11.3. The second kappa shape index (κ2) is 6.99. The third-order valence-corrected chi connectivity index (χ3v) is 4.30. The maximum atomic E-state index is 8.97. The van der Waals surface area contributed by atoms with Crippen molar-refractivity contribution in [1.82, 2.24) is 14.8 Å². The second-order valence-corrected chi connectivity index (χ2v) is 5.70. The van der Waals surface area contributed by atoms with Gasteiger partial charge in [-0.25, -0.2) is 0 Å². The third kappa shape index (κ3) is 3.35. The van der Waals surface area contributed by atoms with Crippen LogP contribution in [0.5, 0.6) is 5.75 Å². The van der Waals surface area contributed by atoms with E-state index < -0.39 is 0 Å². The molecule has 3 aromatic rings. The van der Waals surface area contributed by atoms with E-state index >= 15 is 0 Å². The second-order valence-electron chi connectivity index (χ2n) is 4.76. The topological polar surface area (TPSA) is 63.7 Å². The Labute approximate surface area is 138 Å². The summed E-state index contributed by atoms with van der Waals surface area (Å²) in [7, 11) is 1.64. The van der Waals surface area contributed by atoms with Crippen molar-refractivity contribution in [1.29, 1.82) is 5.26 Å². The van der Waals surface area contributed by atoms with Gasteiger partial charge in [-0.2, -0.15) is 5.26 Å². The van der Waals surface area contributed by atoms with Crippen molar-refractivity contribution in [3.63, 3.8) is 0 Å². The van der Waals surface area contributed by atoms with Crippen LogP contribution in [0.4, 0.5) is 0 Å². The van der Waals surface area contributed by atoms with E-state index in [4.69, 9.17) is 10.00 Å². The summed E-state index contributed by atoms with van der Waals surface area (Å²) in [5, 5.41) is 17.9. The summed E-state index contributed by atoms with van der Waals surface area (Å²) < 4.78 is 7.30. The average Bonchev–Trinajstić information content (AvgIpc) is 3.08. The maximum Gasteiger partial charge on any atom is 0.196 e. The molecule has 0 saturated carbocycles. The number of ether oxygens (including phenoxy) is 1. The van der Waals surface area contributed by atoms with Crippen LogP contribution in [-0.4, -0.2) is 21.9 Å². The number of aromatic nitrogens is 3. The lowest BCUT2D eigenvalue weighted by atomic mass is 10.2. The fourth-order valence-electron chi connectivity index (χ4n) is 2.20.